The van der Waals surface area contributed by atoms with E-state index in [0.29, 0.717) is 0 Å². The van der Waals surface area contributed by atoms with E-state index in [4.69, 9.17) is 0 Å². The molecule has 3 aromatic rings. The number of hydrogen-bond acceptors (Lipinski definition) is 3. The number of hydrogen-bond donors (Lipinski definition) is 0. The van der Waals surface area contributed by atoms with E-state index in [9.17, 15) is 4.79 Å². The monoisotopic (exact) mass is 562 g/mol. The molecule has 3 rings (SSSR count). The molecule has 0 amide bonds. The van der Waals surface area contributed by atoms with Crippen LogP contribution in [0.5, 0.6) is 0 Å². The third-order valence-corrected chi connectivity index (χ3v) is 9.68. The van der Waals surface area contributed by atoms with Crippen LogP contribution in [0.1, 0.15) is 21.8 Å². The molecular weight excluding hydrogens is 539 g/mol. The summed E-state index contributed by atoms with van der Waals surface area (Å²) in [7, 11) is 0. The summed E-state index contributed by atoms with van der Waals surface area (Å²) in [5.41, 5.74) is 2.86. The van der Waals surface area contributed by atoms with E-state index in [1.165, 1.54) is 10.0 Å². The molecule has 0 fully saturated rings. The summed E-state index contributed by atoms with van der Waals surface area (Å²) in [6.07, 6.45) is 4.12. The minimum atomic E-state index is 0.0671. The summed E-state index contributed by atoms with van der Waals surface area (Å²) in [5.74, 6) is 0.191. The molecule has 0 aliphatic heterocycles. The Bertz CT molecular complexity index is 983. The molecule has 0 aliphatic rings. The van der Waals surface area contributed by atoms with Gasteiger partial charge in [0.05, 0.1) is 0 Å². The Morgan fingerprint density at radius 3 is 2.00 bits per heavy atom. The maximum absolute atomic E-state index is 13.7. The van der Waals surface area contributed by atoms with Crippen molar-refractivity contribution in [1.29, 1.82) is 0 Å². The number of carbonyl (C=O) groups excluding carboxylic acids is 1. The van der Waals surface area contributed by atoms with E-state index < -0.39 is 0 Å². The number of thioether (sulfide) groups is 2. The minimum absolute atomic E-state index is 0.0671. The van der Waals surface area contributed by atoms with Gasteiger partial charge < -0.3 is 0 Å². The molecule has 1 atom stereocenters. The number of ketones is 1. The molecule has 3 aromatic carbocycles. The molecule has 0 radical (unpaired) electrons. The number of benzene rings is 3. The molecule has 0 N–H and O–H groups in total. The van der Waals surface area contributed by atoms with Crippen LogP contribution in [-0.4, -0.2) is 33.3 Å². The van der Waals surface area contributed by atoms with Crippen molar-refractivity contribution in [2.45, 2.75) is 11.2 Å². The fourth-order valence-electron chi connectivity index (χ4n) is 3.18. The molecule has 1 unspecified atom stereocenters. The molecule has 5 heteroatoms. The first kappa shape index (κ1) is 23.4. The molecular formula is C25H23BrOS2Se. The summed E-state index contributed by atoms with van der Waals surface area (Å²) < 4.78 is 3.43. The molecule has 0 saturated carbocycles. The van der Waals surface area contributed by atoms with Crippen molar-refractivity contribution in [3.05, 3.63) is 110 Å². The Kier molecular flexibility index (Phi) is 9.35. The van der Waals surface area contributed by atoms with Gasteiger partial charge >= 0.3 is 204 Å². The summed E-state index contributed by atoms with van der Waals surface area (Å²) in [4.78, 5) is 13.7. The van der Waals surface area contributed by atoms with Gasteiger partial charge in [0.2, 0.25) is 0 Å². The van der Waals surface area contributed by atoms with Gasteiger partial charge in [-0.3, -0.25) is 0 Å². The summed E-state index contributed by atoms with van der Waals surface area (Å²) in [5, 5.41) is 0.948. The zero-order chi connectivity index (χ0) is 21.3. The number of rotatable bonds is 9. The summed E-state index contributed by atoms with van der Waals surface area (Å²) in [6, 6.07) is 28.8. The van der Waals surface area contributed by atoms with Crippen molar-refractivity contribution >= 4 is 64.7 Å². The van der Waals surface area contributed by atoms with E-state index in [2.05, 4.69) is 83.0 Å². The van der Waals surface area contributed by atoms with E-state index >= 15 is 0 Å². The van der Waals surface area contributed by atoms with Crippen molar-refractivity contribution < 1.29 is 4.79 Å². The second-order valence-corrected chi connectivity index (χ2v) is 11.6. The Morgan fingerprint density at radius 1 is 0.867 bits per heavy atom. The van der Waals surface area contributed by atoms with Crippen molar-refractivity contribution in [1.82, 2.24) is 0 Å². The fourth-order valence-corrected chi connectivity index (χ4v) is 7.26. The molecule has 154 valence electrons. The van der Waals surface area contributed by atoms with Crippen molar-refractivity contribution in [3.63, 3.8) is 0 Å². The van der Waals surface area contributed by atoms with Gasteiger partial charge in [0, 0.05) is 0 Å². The van der Waals surface area contributed by atoms with E-state index in [1.807, 2.05) is 30.3 Å². The number of Topliss-reactive ketones (excluding diaryl/α,β-unsaturated/α-hetero) is 1. The van der Waals surface area contributed by atoms with Crippen LogP contribution < -0.4 is 4.46 Å². The molecule has 0 spiro atoms. The SMILES string of the molecule is CSC(SC)=C(C(=O)c1ccc(Br)cc1)C(C[Se]c1ccccc1)c1ccccc1. The van der Waals surface area contributed by atoms with Crippen LogP contribution >= 0.6 is 39.5 Å². The first-order valence-corrected chi connectivity index (χ1v) is 14.8. The van der Waals surface area contributed by atoms with Crippen LogP contribution in [0.25, 0.3) is 0 Å². The zero-order valence-electron chi connectivity index (χ0n) is 16.9. The van der Waals surface area contributed by atoms with Gasteiger partial charge in [0.25, 0.3) is 0 Å². The van der Waals surface area contributed by atoms with E-state index in [0.717, 1.165) is 25.2 Å². The predicted molar refractivity (Wildman–Crippen MR) is 138 cm³/mol. The summed E-state index contributed by atoms with van der Waals surface area (Å²) >= 11 is 7.08. The normalized spacial score (nSPS) is 11.7. The van der Waals surface area contributed by atoms with Gasteiger partial charge in [0.1, 0.15) is 0 Å². The Balaban J connectivity index is 2.05. The van der Waals surface area contributed by atoms with Gasteiger partial charge in [0.15, 0.2) is 0 Å². The topological polar surface area (TPSA) is 17.1 Å². The predicted octanol–water partition coefficient (Wildman–Crippen LogP) is 6.80. The van der Waals surface area contributed by atoms with Crippen molar-refractivity contribution in [2.24, 2.45) is 0 Å². The molecule has 0 bridgehead atoms. The Morgan fingerprint density at radius 2 is 1.43 bits per heavy atom. The molecule has 1 nitrogen and oxygen atoms in total. The maximum atomic E-state index is 13.7. The third-order valence-electron chi connectivity index (χ3n) is 4.65. The fraction of sp³-hybridized carbons (Fsp3) is 0.160. The molecule has 0 heterocycles. The van der Waals surface area contributed by atoms with Crippen LogP contribution in [0.15, 0.2) is 99.2 Å². The van der Waals surface area contributed by atoms with Gasteiger partial charge in [-0.05, 0) is 0 Å². The van der Waals surface area contributed by atoms with Gasteiger partial charge in [-0.1, -0.05) is 0 Å². The van der Waals surface area contributed by atoms with Gasteiger partial charge in [-0.25, -0.2) is 0 Å². The number of carbonyl (C=O) groups is 1. The quantitative estimate of drug-likeness (QED) is 0.162. The van der Waals surface area contributed by atoms with Crippen LogP contribution in [-0.2, 0) is 0 Å². The zero-order valence-corrected chi connectivity index (χ0v) is 21.8. The van der Waals surface area contributed by atoms with Crippen LogP contribution in [0.2, 0.25) is 5.32 Å². The molecule has 0 aromatic heterocycles. The Hall–Kier alpha value is -1.23. The van der Waals surface area contributed by atoms with E-state index in [-0.39, 0.29) is 26.7 Å². The standard InChI is InChI=1S/C25H23BrOS2Se/c1-28-25(29-2)23(24(27)19-13-15-20(26)16-14-19)22(18-9-5-3-6-10-18)17-30-21-11-7-4-8-12-21/h3-16,22H,17H2,1-2H3. The van der Waals surface area contributed by atoms with Crippen molar-refractivity contribution in [2.75, 3.05) is 12.5 Å². The number of allylic oxidation sites excluding steroid dienone is 1. The first-order chi connectivity index (χ1) is 14.6. The average molecular weight is 562 g/mol. The third kappa shape index (κ3) is 6.15. The van der Waals surface area contributed by atoms with Crippen molar-refractivity contribution in [3.8, 4) is 0 Å². The molecule has 30 heavy (non-hydrogen) atoms. The van der Waals surface area contributed by atoms with Crippen LogP contribution in [0.4, 0.5) is 0 Å². The van der Waals surface area contributed by atoms with Crippen LogP contribution in [0, 0.1) is 0 Å². The second kappa shape index (κ2) is 12.0. The second-order valence-electron chi connectivity index (χ2n) is 6.53. The van der Waals surface area contributed by atoms with Crippen LogP contribution in [0.3, 0.4) is 0 Å². The average Bonchev–Trinajstić information content (AvgIpc) is 2.80. The first-order valence-electron chi connectivity index (χ1n) is 9.49. The number of halogens is 1. The van der Waals surface area contributed by atoms with Gasteiger partial charge in [-0.15, -0.1) is 0 Å². The van der Waals surface area contributed by atoms with Gasteiger partial charge in [-0.2, -0.15) is 0 Å². The molecule has 0 aliphatic carbocycles. The molecule has 0 saturated heterocycles. The Labute approximate surface area is 202 Å². The summed E-state index contributed by atoms with van der Waals surface area (Å²) in [6.45, 7) is 0. The van der Waals surface area contributed by atoms with E-state index in [1.54, 1.807) is 23.5 Å².